The summed E-state index contributed by atoms with van der Waals surface area (Å²) in [6.07, 6.45) is 2.24. The van der Waals surface area contributed by atoms with Crippen LogP contribution in [0.1, 0.15) is 18.7 Å². The number of carbonyl (C=O) groups excluding carboxylic acids is 1. The first-order valence-corrected chi connectivity index (χ1v) is 9.70. The lowest BCUT2D eigenvalue weighted by Gasteiger charge is -2.17. The third kappa shape index (κ3) is 3.74. The predicted octanol–water partition coefficient (Wildman–Crippen LogP) is 3.03. The van der Waals surface area contributed by atoms with Gasteiger partial charge in [-0.25, -0.2) is 4.98 Å². The molecular weight excluding hydrogens is 336 g/mol. The highest BCUT2D eigenvalue weighted by molar-refractivity contribution is 5.79. The zero-order valence-electron chi connectivity index (χ0n) is 15.8. The van der Waals surface area contributed by atoms with E-state index in [4.69, 9.17) is 4.98 Å². The molecule has 2 aromatic carbocycles. The largest absolute Gasteiger partial charge is 0.342 e. The van der Waals surface area contributed by atoms with Crippen molar-refractivity contribution in [3.63, 3.8) is 0 Å². The van der Waals surface area contributed by atoms with Crippen LogP contribution in [0.15, 0.2) is 54.6 Å². The maximum Gasteiger partial charge on any atom is 0.223 e. The molecule has 2 heterocycles. The molecule has 1 aromatic heterocycles. The van der Waals surface area contributed by atoms with Crippen molar-refractivity contribution in [1.82, 2.24) is 19.8 Å². The molecule has 0 bridgehead atoms. The third-order valence-electron chi connectivity index (χ3n) is 5.34. The van der Waals surface area contributed by atoms with Crippen molar-refractivity contribution in [2.45, 2.75) is 19.3 Å². The maximum absolute atomic E-state index is 12.7. The second-order valence-corrected chi connectivity index (χ2v) is 7.24. The molecule has 1 N–H and O–H groups in total. The number of amides is 1. The number of nitrogens with zero attached hydrogens (tertiary/aromatic N) is 3. The molecule has 1 amide bonds. The summed E-state index contributed by atoms with van der Waals surface area (Å²) in [4.78, 5) is 19.5. The first kappa shape index (κ1) is 17.7. The first-order valence-electron chi connectivity index (χ1n) is 9.70. The molecule has 1 unspecified atom stereocenters. The van der Waals surface area contributed by atoms with Gasteiger partial charge in [-0.3, -0.25) is 9.36 Å². The van der Waals surface area contributed by atoms with Crippen molar-refractivity contribution in [3.05, 3.63) is 60.4 Å². The number of hydrogen-bond donors (Lipinski definition) is 1. The Morgan fingerprint density at radius 1 is 1.15 bits per heavy atom. The van der Waals surface area contributed by atoms with Crippen molar-refractivity contribution < 1.29 is 4.79 Å². The molecule has 1 aliphatic rings. The van der Waals surface area contributed by atoms with Crippen LogP contribution >= 0.6 is 0 Å². The summed E-state index contributed by atoms with van der Waals surface area (Å²) in [6, 6.07) is 18.4. The van der Waals surface area contributed by atoms with Gasteiger partial charge in [0.2, 0.25) is 5.91 Å². The second-order valence-electron chi connectivity index (χ2n) is 7.24. The Kier molecular flexibility index (Phi) is 5.21. The number of aromatic nitrogens is 2. The Labute approximate surface area is 160 Å². The highest BCUT2D eigenvalue weighted by Crippen LogP contribution is 2.23. The molecule has 0 spiro atoms. The Morgan fingerprint density at radius 2 is 1.93 bits per heavy atom. The molecule has 1 fully saturated rings. The number of imidazole rings is 1. The number of rotatable bonds is 6. The predicted molar refractivity (Wildman–Crippen MR) is 108 cm³/mol. The average molecular weight is 362 g/mol. The SMILES string of the molecule is CNCC1CCN(C(=O)CCc2nc3ccccc3n2-c2ccccc2)C1. The Morgan fingerprint density at radius 3 is 2.74 bits per heavy atom. The fourth-order valence-corrected chi connectivity index (χ4v) is 4.00. The maximum atomic E-state index is 12.7. The standard InChI is InChI=1S/C22H26N4O/c1-23-15-17-13-14-25(16-17)22(27)12-11-21-24-19-9-5-6-10-20(19)26(21)18-7-3-2-4-8-18/h2-10,17,23H,11-16H2,1H3. The lowest BCUT2D eigenvalue weighted by molar-refractivity contribution is -0.130. The quantitative estimate of drug-likeness (QED) is 0.733. The van der Waals surface area contributed by atoms with Crippen molar-refractivity contribution >= 4 is 16.9 Å². The third-order valence-corrected chi connectivity index (χ3v) is 5.34. The Hall–Kier alpha value is -2.66. The zero-order valence-corrected chi connectivity index (χ0v) is 15.8. The van der Waals surface area contributed by atoms with E-state index in [1.54, 1.807) is 0 Å². The van der Waals surface area contributed by atoms with Crippen molar-refractivity contribution in [2.75, 3.05) is 26.7 Å². The monoisotopic (exact) mass is 362 g/mol. The van der Waals surface area contributed by atoms with E-state index < -0.39 is 0 Å². The topological polar surface area (TPSA) is 50.2 Å². The van der Waals surface area contributed by atoms with Crippen LogP contribution in [0.4, 0.5) is 0 Å². The van der Waals surface area contributed by atoms with E-state index in [0.29, 0.717) is 18.8 Å². The molecule has 0 saturated carbocycles. The smallest absolute Gasteiger partial charge is 0.223 e. The summed E-state index contributed by atoms with van der Waals surface area (Å²) < 4.78 is 2.18. The van der Waals surface area contributed by atoms with Crippen LogP contribution in [0.5, 0.6) is 0 Å². The van der Waals surface area contributed by atoms with Gasteiger partial charge < -0.3 is 10.2 Å². The fraction of sp³-hybridized carbons (Fsp3) is 0.364. The van der Waals surface area contributed by atoms with E-state index in [1.807, 2.05) is 48.3 Å². The molecule has 140 valence electrons. The Bertz CT molecular complexity index is 918. The van der Waals surface area contributed by atoms with Crippen LogP contribution in [0.2, 0.25) is 0 Å². The first-order chi connectivity index (χ1) is 13.3. The van der Waals surface area contributed by atoms with Crippen molar-refractivity contribution in [1.29, 1.82) is 0 Å². The number of likely N-dealkylation sites (tertiary alicyclic amines) is 1. The highest BCUT2D eigenvalue weighted by atomic mass is 16.2. The van der Waals surface area contributed by atoms with E-state index >= 15 is 0 Å². The number of para-hydroxylation sites is 3. The van der Waals surface area contributed by atoms with Gasteiger partial charge in [-0.2, -0.15) is 0 Å². The molecular formula is C22H26N4O. The summed E-state index contributed by atoms with van der Waals surface area (Å²) in [5.74, 6) is 1.76. The summed E-state index contributed by atoms with van der Waals surface area (Å²) in [7, 11) is 1.97. The zero-order chi connectivity index (χ0) is 18.6. The van der Waals surface area contributed by atoms with Gasteiger partial charge >= 0.3 is 0 Å². The van der Waals surface area contributed by atoms with E-state index in [2.05, 4.69) is 28.1 Å². The van der Waals surface area contributed by atoms with Crippen LogP contribution < -0.4 is 5.32 Å². The van der Waals surface area contributed by atoms with Crippen LogP contribution in [0.25, 0.3) is 16.7 Å². The van der Waals surface area contributed by atoms with E-state index in [-0.39, 0.29) is 5.91 Å². The second kappa shape index (κ2) is 7.92. The molecule has 3 aromatic rings. The molecule has 0 aliphatic carbocycles. The number of hydrogen-bond acceptors (Lipinski definition) is 3. The van der Waals surface area contributed by atoms with Crippen LogP contribution in [0.3, 0.4) is 0 Å². The van der Waals surface area contributed by atoms with Gasteiger partial charge in [0.25, 0.3) is 0 Å². The minimum atomic E-state index is 0.236. The van der Waals surface area contributed by atoms with Gasteiger partial charge in [-0.05, 0) is 50.2 Å². The van der Waals surface area contributed by atoms with E-state index in [9.17, 15) is 4.79 Å². The highest BCUT2D eigenvalue weighted by Gasteiger charge is 2.25. The van der Waals surface area contributed by atoms with Crippen molar-refractivity contribution in [2.24, 2.45) is 5.92 Å². The fourth-order valence-electron chi connectivity index (χ4n) is 4.00. The number of fused-ring (bicyclic) bond motifs is 1. The minimum Gasteiger partial charge on any atom is -0.342 e. The lowest BCUT2D eigenvalue weighted by atomic mass is 10.1. The van der Waals surface area contributed by atoms with E-state index in [0.717, 1.165) is 48.6 Å². The van der Waals surface area contributed by atoms with E-state index in [1.165, 1.54) is 0 Å². The number of carbonyl (C=O) groups is 1. The van der Waals surface area contributed by atoms with Gasteiger partial charge in [-0.15, -0.1) is 0 Å². The summed E-state index contributed by atoms with van der Waals surface area (Å²) in [5.41, 5.74) is 3.14. The lowest BCUT2D eigenvalue weighted by Crippen LogP contribution is -2.30. The summed E-state index contributed by atoms with van der Waals surface area (Å²) in [6.45, 7) is 2.72. The summed E-state index contributed by atoms with van der Waals surface area (Å²) in [5, 5.41) is 3.22. The van der Waals surface area contributed by atoms with Gasteiger partial charge in [0, 0.05) is 31.6 Å². The van der Waals surface area contributed by atoms with Crippen LogP contribution in [-0.4, -0.2) is 47.0 Å². The van der Waals surface area contributed by atoms with Gasteiger partial charge in [0.05, 0.1) is 11.0 Å². The molecule has 1 aliphatic heterocycles. The normalized spacial score (nSPS) is 16.9. The molecule has 27 heavy (non-hydrogen) atoms. The molecule has 1 saturated heterocycles. The number of nitrogens with one attached hydrogen (secondary N) is 1. The summed E-state index contributed by atoms with van der Waals surface area (Å²) >= 11 is 0. The van der Waals surface area contributed by atoms with Gasteiger partial charge in [0.15, 0.2) is 0 Å². The minimum absolute atomic E-state index is 0.236. The van der Waals surface area contributed by atoms with Gasteiger partial charge in [-0.1, -0.05) is 30.3 Å². The number of aryl methyl sites for hydroxylation is 1. The molecule has 5 heteroatoms. The molecule has 1 atom stereocenters. The molecule has 4 rings (SSSR count). The van der Waals surface area contributed by atoms with Crippen LogP contribution in [-0.2, 0) is 11.2 Å². The average Bonchev–Trinajstić information content (AvgIpc) is 3.31. The molecule has 0 radical (unpaired) electrons. The number of benzene rings is 2. The Balaban J connectivity index is 1.53. The van der Waals surface area contributed by atoms with Crippen LogP contribution in [0, 0.1) is 5.92 Å². The van der Waals surface area contributed by atoms with Crippen molar-refractivity contribution in [3.8, 4) is 5.69 Å². The molecule has 5 nitrogen and oxygen atoms in total. The van der Waals surface area contributed by atoms with Gasteiger partial charge in [0.1, 0.15) is 5.82 Å².